The molecule has 1 aliphatic heterocycles. The Balaban J connectivity index is 1.52. The van der Waals surface area contributed by atoms with E-state index in [0.29, 0.717) is 21.9 Å². The number of amides is 1. The molecule has 0 bridgehead atoms. The van der Waals surface area contributed by atoms with Gasteiger partial charge in [0.2, 0.25) is 5.91 Å². The molecule has 1 aliphatic rings. The van der Waals surface area contributed by atoms with Crippen molar-refractivity contribution >= 4 is 49.4 Å². The summed E-state index contributed by atoms with van der Waals surface area (Å²) < 4.78 is 2.38. The predicted molar refractivity (Wildman–Crippen MR) is 140 cm³/mol. The van der Waals surface area contributed by atoms with Gasteiger partial charge in [-0.05, 0) is 49.8 Å². The van der Waals surface area contributed by atoms with Crippen molar-refractivity contribution in [3.05, 3.63) is 64.6 Å². The van der Waals surface area contributed by atoms with E-state index < -0.39 is 0 Å². The number of benzene rings is 1. The van der Waals surface area contributed by atoms with Gasteiger partial charge in [0, 0.05) is 30.7 Å². The second-order valence-electron chi connectivity index (χ2n) is 8.98. The van der Waals surface area contributed by atoms with Crippen molar-refractivity contribution in [1.29, 1.82) is 0 Å². The van der Waals surface area contributed by atoms with Crippen LogP contribution in [0.15, 0.2) is 58.6 Å². The molecule has 0 aliphatic carbocycles. The van der Waals surface area contributed by atoms with Crippen LogP contribution < -0.4 is 5.56 Å². The highest BCUT2D eigenvalue weighted by Crippen LogP contribution is 2.31. The fourth-order valence-electron chi connectivity index (χ4n) is 4.65. The van der Waals surface area contributed by atoms with Gasteiger partial charge >= 0.3 is 0 Å². The van der Waals surface area contributed by atoms with Crippen LogP contribution in [-0.2, 0) is 11.3 Å². The van der Waals surface area contributed by atoms with Crippen molar-refractivity contribution in [2.45, 2.75) is 56.8 Å². The molecular weight excluding hydrogens is 464 g/mol. The van der Waals surface area contributed by atoms with Gasteiger partial charge in [0.25, 0.3) is 5.56 Å². The molecule has 4 aromatic rings. The number of hydrogen-bond donors (Lipinski definition) is 0. The molecule has 34 heavy (non-hydrogen) atoms. The number of carbonyl (C=O) groups is 1. The van der Waals surface area contributed by atoms with E-state index in [1.165, 1.54) is 35.1 Å². The number of nitrogens with zero attached hydrogens (tertiary/aromatic N) is 4. The van der Waals surface area contributed by atoms with Crippen molar-refractivity contribution in [2.75, 3.05) is 12.3 Å². The van der Waals surface area contributed by atoms with E-state index in [1.54, 1.807) is 10.8 Å². The Morgan fingerprint density at radius 1 is 1.21 bits per heavy atom. The fourth-order valence-corrected chi connectivity index (χ4v) is 6.57. The summed E-state index contributed by atoms with van der Waals surface area (Å²) in [5, 5.41) is 1.49. The van der Waals surface area contributed by atoms with E-state index >= 15 is 0 Å². The number of piperidine rings is 1. The van der Waals surface area contributed by atoms with Gasteiger partial charge in [-0.25, -0.2) is 9.97 Å². The average molecular weight is 493 g/mol. The van der Waals surface area contributed by atoms with E-state index in [2.05, 4.69) is 31.0 Å². The molecule has 8 heteroatoms. The minimum Gasteiger partial charge on any atom is -0.339 e. The molecule has 1 amide bonds. The first-order valence-corrected chi connectivity index (χ1v) is 13.6. The van der Waals surface area contributed by atoms with Gasteiger partial charge in [0.05, 0.1) is 11.3 Å². The van der Waals surface area contributed by atoms with E-state index in [4.69, 9.17) is 4.98 Å². The first-order chi connectivity index (χ1) is 16.5. The van der Waals surface area contributed by atoms with Crippen molar-refractivity contribution < 1.29 is 4.79 Å². The largest absolute Gasteiger partial charge is 0.339 e. The second-order valence-corrected chi connectivity index (χ2v) is 10.9. The van der Waals surface area contributed by atoms with Crippen molar-refractivity contribution in [2.24, 2.45) is 0 Å². The summed E-state index contributed by atoms with van der Waals surface area (Å²) in [4.78, 5) is 38.9. The summed E-state index contributed by atoms with van der Waals surface area (Å²) >= 11 is 2.76. The monoisotopic (exact) mass is 492 g/mol. The maximum absolute atomic E-state index is 13.7. The molecule has 1 aromatic carbocycles. The zero-order valence-corrected chi connectivity index (χ0v) is 21.1. The topological polar surface area (TPSA) is 68.1 Å². The van der Waals surface area contributed by atoms with Gasteiger partial charge in [-0.15, -0.1) is 11.3 Å². The highest BCUT2D eigenvalue weighted by atomic mass is 32.2. The van der Waals surface area contributed by atoms with Gasteiger partial charge in [-0.2, -0.15) is 0 Å². The summed E-state index contributed by atoms with van der Waals surface area (Å²) in [6.45, 7) is 5.55. The summed E-state index contributed by atoms with van der Waals surface area (Å²) in [7, 11) is 0. The molecule has 0 saturated carbocycles. The quantitative estimate of drug-likeness (QED) is 0.270. The molecular formula is C26H28N4O2S2. The fraction of sp³-hybridized carbons (Fsp3) is 0.385. The normalized spacial score (nSPS) is 17.4. The predicted octanol–water partition coefficient (Wildman–Crippen LogP) is 5.30. The Kier molecular flexibility index (Phi) is 6.70. The van der Waals surface area contributed by atoms with E-state index in [0.717, 1.165) is 29.6 Å². The smallest absolute Gasteiger partial charge is 0.272 e. The third-order valence-corrected chi connectivity index (χ3v) is 8.64. The third-order valence-electron chi connectivity index (χ3n) is 6.59. The summed E-state index contributed by atoms with van der Waals surface area (Å²) in [5.74, 6) is 0.524. The molecule has 176 valence electrons. The second kappa shape index (κ2) is 9.88. The Labute approximate surface area is 207 Å². The van der Waals surface area contributed by atoms with Gasteiger partial charge < -0.3 is 4.90 Å². The third kappa shape index (κ3) is 4.49. The number of rotatable bonds is 6. The molecule has 1 saturated heterocycles. The zero-order valence-electron chi connectivity index (χ0n) is 19.4. The highest BCUT2D eigenvalue weighted by molar-refractivity contribution is 7.99. The van der Waals surface area contributed by atoms with Crippen LogP contribution in [0.3, 0.4) is 0 Å². The number of hydrogen-bond acceptors (Lipinski definition) is 6. The van der Waals surface area contributed by atoms with Crippen molar-refractivity contribution in [3.63, 3.8) is 0 Å². The lowest BCUT2D eigenvalue weighted by molar-refractivity contribution is -0.131. The molecule has 5 rings (SSSR count). The number of fused-ring (bicyclic) bond motifs is 3. The van der Waals surface area contributed by atoms with Crippen molar-refractivity contribution in [3.8, 4) is 0 Å². The molecule has 0 spiro atoms. The average Bonchev–Trinajstić information content (AvgIpc) is 3.24. The Hall–Kier alpha value is -2.71. The van der Waals surface area contributed by atoms with Crippen LogP contribution in [0.1, 0.15) is 44.6 Å². The van der Waals surface area contributed by atoms with Crippen LogP contribution in [0.25, 0.3) is 20.4 Å². The zero-order chi connectivity index (χ0) is 23.7. The summed E-state index contributed by atoms with van der Waals surface area (Å²) in [6.07, 6.45) is 5.01. The van der Waals surface area contributed by atoms with Gasteiger partial charge in [0.1, 0.15) is 9.53 Å². The first kappa shape index (κ1) is 23.1. The number of pyridine rings is 1. The molecule has 1 fully saturated rings. The van der Waals surface area contributed by atoms with Crippen LogP contribution in [0, 0.1) is 0 Å². The molecule has 6 nitrogen and oxygen atoms in total. The van der Waals surface area contributed by atoms with Crippen LogP contribution in [-0.4, -0.2) is 43.7 Å². The maximum atomic E-state index is 13.7. The van der Waals surface area contributed by atoms with Crippen LogP contribution in [0.2, 0.25) is 0 Å². The molecule has 0 unspecified atom stereocenters. The highest BCUT2D eigenvalue weighted by Gasteiger charge is 2.25. The number of likely N-dealkylation sites (tertiary alicyclic amines) is 1. The van der Waals surface area contributed by atoms with E-state index in [1.807, 2.05) is 35.2 Å². The standard InChI is InChI=1S/C26H28N4O2S2/c1-17(19-10-4-3-5-11-19)15-30-25(32)23-22(20-12-8-13-27-24(20)34-23)28-26(30)33-16-21(31)29-14-7-6-9-18(29)2/h3-5,8,10-13,17-18H,6-7,9,14-16H2,1-2H3/t17-,18-/m1/s1. The summed E-state index contributed by atoms with van der Waals surface area (Å²) in [6, 6.07) is 14.3. The lowest BCUT2D eigenvalue weighted by Crippen LogP contribution is -2.43. The minimum atomic E-state index is -0.0583. The van der Waals surface area contributed by atoms with E-state index in [-0.39, 0.29) is 29.2 Å². The lowest BCUT2D eigenvalue weighted by Gasteiger charge is -2.33. The SMILES string of the molecule is C[C@H](Cn1c(SCC(=O)N2CCCC[C@H]2C)nc2c(sc3ncccc32)c1=O)c1ccccc1. The Morgan fingerprint density at radius 2 is 2.03 bits per heavy atom. The van der Waals surface area contributed by atoms with E-state index in [9.17, 15) is 9.59 Å². The minimum absolute atomic E-state index is 0.0583. The molecule has 0 radical (unpaired) electrons. The summed E-state index contributed by atoms with van der Waals surface area (Å²) in [5.41, 5.74) is 1.79. The lowest BCUT2D eigenvalue weighted by atomic mass is 10.0. The Bertz CT molecular complexity index is 1380. The molecule has 2 atom stereocenters. The van der Waals surface area contributed by atoms with Crippen LogP contribution in [0.4, 0.5) is 0 Å². The Morgan fingerprint density at radius 3 is 2.82 bits per heavy atom. The molecule has 0 N–H and O–H groups in total. The molecule has 4 heterocycles. The van der Waals surface area contributed by atoms with Gasteiger partial charge in [-0.1, -0.05) is 49.0 Å². The van der Waals surface area contributed by atoms with Gasteiger partial charge in [0.15, 0.2) is 5.16 Å². The number of carbonyl (C=O) groups excluding carboxylic acids is 1. The maximum Gasteiger partial charge on any atom is 0.272 e. The first-order valence-electron chi connectivity index (χ1n) is 11.8. The molecule has 3 aromatic heterocycles. The van der Waals surface area contributed by atoms with Gasteiger partial charge in [-0.3, -0.25) is 14.2 Å². The van der Waals surface area contributed by atoms with Crippen molar-refractivity contribution in [1.82, 2.24) is 19.4 Å². The van der Waals surface area contributed by atoms with Crippen LogP contribution >= 0.6 is 23.1 Å². The number of thioether (sulfide) groups is 1. The van der Waals surface area contributed by atoms with Crippen LogP contribution in [0.5, 0.6) is 0 Å². The number of aromatic nitrogens is 3. The number of thiophene rings is 1.